The van der Waals surface area contributed by atoms with Gasteiger partial charge in [0.2, 0.25) is 0 Å². The van der Waals surface area contributed by atoms with Gasteiger partial charge in [-0.15, -0.1) is 0 Å². The van der Waals surface area contributed by atoms with Gasteiger partial charge in [0.15, 0.2) is 12.4 Å². The number of nitrogens with two attached hydrogens (primary N) is 1. The van der Waals surface area contributed by atoms with E-state index in [2.05, 4.69) is 15.0 Å². The first-order valence-electron chi connectivity index (χ1n) is 8.77. The Hall–Kier alpha value is -2.83. The summed E-state index contributed by atoms with van der Waals surface area (Å²) in [7, 11) is 0. The molecule has 1 saturated heterocycles. The zero-order chi connectivity index (χ0) is 18.2. The number of benzene rings is 1. The maximum Gasteiger partial charge on any atom is 0.171 e. The van der Waals surface area contributed by atoms with Crippen LogP contribution in [0.2, 0.25) is 0 Å². The van der Waals surface area contributed by atoms with Crippen molar-refractivity contribution >= 4 is 11.7 Å². The minimum atomic E-state index is -0.300. The number of hydrogen-bond donors (Lipinski definition) is 1. The van der Waals surface area contributed by atoms with E-state index in [1.54, 1.807) is 18.3 Å². The third-order valence-electron chi connectivity index (χ3n) is 4.14. The predicted molar refractivity (Wildman–Crippen MR) is 98.9 cm³/mol. The summed E-state index contributed by atoms with van der Waals surface area (Å²) >= 11 is 0. The molecule has 0 amide bonds. The van der Waals surface area contributed by atoms with E-state index in [-0.39, 0.29) is 24.9 Å². The molecule has 1 aromatic carbocycles. The molecule has 7 heteroatoms. The van der Waals surface area contributed by atoms with Gasteiger partial charge in [0, 0.05) is 24.8 Å². The highest BCUT2D eigenvalue weighted by atomic mass is 19.1. The first kappa shape index (κ1) is 18.0. The van der Waals surface area contributed by atoms with Gasteiger partial charge in [-0.3, -0.25) is 0 Å². The van der Waals surface area contributed by atoms with Crippen molar-refractivity contribution in [1.82, 2.24) is 4.98 Å². The molecule has 2 aromatic rings. The smallest absolute Gasteiger partial charge is 0.171 e. The van der Waals surface area contributed by atoms with Crippen LogP contribution < -0.4 is 15.4 Å². The standard InChI is InChI=1S/C19H23FN4O2/c20-16-5-7-17(8-6-16)25-12-13-26-23-19(21)15-4-9-18(22-14-15)24-10-2-1-3-11-24/h4-9,14H,1-3,10-13H2,(H2,21,23). The summed E-state index contributed by atoms with van der Waals surface area (Å²) in [5.74, 6) is 1.51. The average Bonchev–Trinajstić information content (AvgIpc) is 2.70. The molecule has 0 saturated carbocycles. The number of ether oxygens (including phenoxy) is 1. The van der Waals surface area contributed by atoms with Crippen molar-refractivity contribution in [3.63, 3.8) is 0 Å². The summed E-state index contributed by atoms with van der Waals surface area (Å²) < 4.78 is 18.2. The van der Waals surface area contributed by atoms with Crippen molar-refractivity contribution < 1.29 is 14.0 Å². The van der Waals surface area contributed by atoms with E-state index in [0.29, 0.717) is 11.3 Å². The van der Waals surface area contributed by atoms with Crippen LogP contribution in [0.3, 0.4) is 0 Å². The average molecular weight is 358 g/mol. The Bertz CT molecular complexity index is 713. The maximum atomic E-state index is 12.8. The number of oxime groups is 1. The van der Waals surface area contributed by atoms with E-state index in [9.17, 15) is 4.39 Å². The molecule has 2 N–H and O–H groups in total. The van der Waals surface area contributed by atoms with Gasteiger partial charge in [-0.1, -0.05) is 5.16 Å². The first-order valence-corrected chi connectivity index (χ1v) is 8.77. The lowest BCUT2D eigenvalue weighted by Crippen LogP contribution is -2.30. The summed E-state index contributed by atoms with van der Waals surface area (Å²) in [4.78, 5) is 11.9. The number of amidine groups is 1. The Labute approximate surface area is 152 Å². The largest absolute Gasteiger partial charge is 0.490 e. The second kappa shape index (κ2) is 9.03. The molecule has 0 aliphatic carbocycles. The van der Waals surface area contributed by atoms with Crippen LogP contribution in [0.15, 0.2) is 47.8 Å². The number of pyridine rings is 1. The van der Waals surface area contributed by atoms with Gasteiger partial charge in [-0.2, -0.15) is 0 Å². The third kappa shape index (κ3) is 5.08. The lowest BCUT2D eigenvalue weighted by Gasteiger charge is -2.27. The van der Waals surface area contributed by atoms with Gasteiger partial charge >= 0.3 is 0 Å². The van der Waals surface area contributed by atoms with Gasteiger partial charge < -0.3 is 20.2 Å². The number of halogens is 1. The van der Waals surface area contributed by atoms with Crippen LogP contribution in [0.25, 0.3) is 0 Å². The minimum absolute atomic E-state index is 0.233. The molecule has 138 valence electrons. The highest BCUT2D eigenvalue weighted by Gasteiger charge is 2.12. The third-order valence-corrected chi connectivity index (χ3v) is 4.14. The Morgan fingerprint density at radius 2 is 1.85 bits per heavy atom. The summed E-state index contributed by atoms with van der Waals surface area (Å²) in [5.41, 5.74) is 6.64. The second-order valence-corrected chi connectivity index (χ2v) is 6.06. The molecule has 1 aliphatic rings. The van der Waals surface area contributed by atoms with Crippen molar-refractivity contribution in [2.45, 2.75) is 19.3 Å². The van der Waals surface area contributed by atoms with Gasteiger partial charge in [-0.25, -0.2) is 9.37 Å². The van der Waals surface area contributed by atoms with Crippen LogP contribution in [0.4, 0.5) is 10.2 Å². The van der Waals surface area contributed by atoms with Gasteiger partial charge in [0.25, 0.3) is 0 Å². The van der Waals surface area contributed by atoms with Crippen LogP contribution in [-0.4, -0.2) is 37.1 Å². The Balaban J connectivity index is 1.44. The van der Waals surface area contributed by atoms with Crippen LogP contribution >= 0.6 is 0 Å². The summed E-state index contributed by atoms with van der Waals surface area (Å²) in [6, 6.07) is 9.65. The van der Waals surface area contributed by atoms with Crippen molar-refractivity contribution in [3.8, 4) is 5.75 Å². The van der Waals surface area contributed by atoms with Crippen LogP contribution in [-0.2, 0) is 4.84 Å². The fraction of sp³-hybridized carbons (Fsp3) is 0.368. The SMILES string of the molecule is NC(=NOCCOc1ccc(F)cc1)c1ccc(N2CCCCC2)nc1. The summed E-state index contributed by atoms with van der Waals surface area (Å²) in [5, 5.41) is 3.88. The fourth-order valence-corrected chi connectivity index (χ4v) is 2.74. The summed E-state index contributed by atoms with van der Waals surface area (Å²) in [6.07, 6.45) is 5.42. The molecule has 1 aromatic heterocycles. The number of nitrogens with zero attached hydrogens (tertiary/aromatic N) is 3. The van der Waals surface area contributed by atoms with E-state index in [1.165, 1.54) is 31.4 Å². The topological polar surface area (TPSA) is 73.0 Å². The van der Waals surface area contributed by atoms with Crippen LogP contribution in [0.1, 0.15) is 24.8 Å². The van der Waals surface area contributed by atoms with Crippen molar-refractivity contribution in [2.24, 2.45) is 10.9 Å². The predicted octanol–water partition coefficient (Wildman–Crippen LogP) is 2.93. The molecular formula is C19H23FN4O2. The van der Waals surface area contributed by atoms with Crippen LogP contribution in [0.5, 0.6) is 5.75 Å². The number of hydrogen-bond acceptors (Lipinski definition) is 5. The second-order valence-electron chi connectivity index (χ2n) is 6.06. The van der Waals surface area contributed by atoms with Crippen molar-refractivity contribution in [1.29, 1.82) is 0 Å². The fourth-order valence-electron chi connectivity index (χ4n) is 2.74. The van der Waals surface area contributed by atoms with Crippen LogP contribution in [0, 0.1) is 5.82 Å². The van der Waals surface area contributed by atoms with E-state index in [4.69, 9.17) is 15.3 Å². The molecule has 3 rings (SSSR count). The number of anilines is 1. The highest BCUT2D eigenvalue weighted by Crippen LogP contribution is 2.17. The molecule has 1 aliphatic heterocycles. The monoisotopic (exact) mass is 358 g/mol. The first-order chi connectivity index (χ1) is 12.7. The van der Waals surface area contributed by atoms with E-state index < -0.39 is 0 Å². The molecule has 0 bridgehead atoms. The Morgan fingerprint density at radius 3 is 2.54 bits per heavy atom. The number of rotatable bonds is 7. The molecule has 6 nitrogen and oxygen atoms in total. The van der Waals surface area contributed by atoms with E-state index >= 15 is 0 Å². The van der Waals surface area contributed by atoms with Crippen molar-refractivity contribution in [2.75, 3.05) is 31.2 Å². The molecule has 0 unspecified atom stereocenters. The Kier molecular flexibility index (Phi) is 6.24. The zero-order valence-electron chi connectivity index (χ0n) is 14.6. The zero-order valence-corrected chi connectivity index (χ0v) is 14.6. The quantitative estimate of drug-likeness (QED) is 0.357. The lowest BCUT2D eigenvalue weighted by atomic mass is 10.1. The molecule has 0 spiro atoms. The number of aromatic nitrogens is 1. The minimum Gasteiger partial charge on any atom is -0.490 e. The maximum absolute atomic E-state index is 12.8. The normalized spacial score (nSPS) is 15.0. The molecule has 0 atom stereocenters. The molecule has 2 heterocycles. The van der Waals surface area contributed by atoms with Gasteiger partial charge in [0.05, 0.1) is 0 Å². The summed E-state index contributed by atoms with van der Waals surface area (Å²) in [6.45, 7) is 2.62. The highest BCUT2D eigenvalue weighted by molar-refractivity contribution is 5.96. The van der Waals surface area contributed by atoms with E-state index in [1.807, 2.05) is 12.1 Å². The molecule has 0 radical (unpaired) electrons. The lowest BCUT2D eigenvalue weighted by molar-refractivity contribution is 0.107. The molecule has 1 fully saturated rings. The molecular weight excluding hydrogens is 335 g/mol. The van der Waals surface area contributed by atoms with Gasteiger partial charge in [-0.05, 0) is 55.7 Å². The Morgan fingerprint density at radius 1 is 1.08 bits per heavy atom. The van der Waals surface area contributed by atoms with Crippen molar-refractivity contribution in [3.05, 3.63) is 54.0 Å². The van der Waals surface area contributed by atoms with Gasteiger partial charge in [0.1, 0.15) is 24.0 Å². The van der Waals surface area contributed by atoms with E-state index in [0.717, 1.165) is 18.9 Å². The number of piperidine rings is 1. The molecule has 26 heavy (non-hydrogen) atoms.